The summed E-state index contributed by atoms with van der Waals surface area (Å²) in [5.41, 5.74) is 1.99. The number of benzene rings is 1. The highest BCUT2D eigenvalue weighted by Gasteiger charge is 2.44. The van der Waals surface area contributed by atoms with Gasteiger partial charge in [0.1, 0.15) is 11.9 Å². The Bertz CT molecular complexity index is 971. The molecule has 5 unspecified atom stereocenters. The van der Waals surface area contributed by atoms with Crippen LogP contribution in [-0.2, 0) is 9.53 Å². The average molecular weight is 451 g/mol. The van der Waals surface area contributed by atoms with Crippen LogP contribution >= 0.6 is 0 Å². The van der Waals surface area contributed by atoms with E-state index in [-0.39, 0.29) is 18.1 Å². The van der Waals surface area contributed by atoms with Crippen LogP contribution in [0.3, 0.4) is 0 Å². The quantitative estimate of drug-likeness (QED) is 0.467. The summed E-state index contributed by atoms with van der Waals surface area (Å²) in [5.74, 6) is 2.95. The number of esters is 1. The lowest BCUT2D eigenvalue weighted by atomic mass is 9.72. The van der Waals surface area contributed by atoms with E-state index in [2.05, 4.69) is 22.9 Å². The number of hydrogen-bond acceptors (Lipinski definition) is 5. The van der Waals surface area contributed by atoms with Gasteiger partial charge in [0.2, 0.25) is 0 Å². The molecule has 3 saturated heterocycles. The third-order valence-electron chi connectivity index (χ3n) is 8.59. The summed E-state index contributed by atoms with van der Waals surface area (Å²) in [7, 11) is 1.69. The molecule has 0 amide bonds. The molecule has 6 rings (SSSR count). The van der Waals surface area contributed by atoms with Crippen LogP contribution < -0.4 is 4.74 Å². The van der Waals surface area contributed by atoms with Crippen molar-refractivity contribution in [3.05, 3.63) is 36.0 Å². The fourth-order valence-corrected chi connectivity index (χ4v) is 6.65. The van der Waals surface area contributed by atoms with Gasteiger partial charge in [0, 0.05) is 30.1 Å². The Morgan fingerprint density at radius 1 is 1.21 bits per heavy atom. The second-order valence-electron chi connectivity index (χ2n) is 10.4. The largest absolute Gasteiger partial charge is 0.497 e. The van der Waals surface area contributed by atoms with Crippen molar-refractivity contribution in [2.45, 2.75) is 76.9 Å². The minimum absolute atomic E-state index is 0.0468. The number of rotatable bonds is 8. The smallest absolute Gasteiger partial charge is 0.306 e. The van der Waals surface area contributed by atoms with Gasteiger partial charge in [0.05, 0.1) is 18.7 Å². The maximum absolute atomic E-state index is 13.1. The number of aromatic nitrogens is 1. The summed E-state index contributed by atoms with van der Waals surface area (Å²) in [6, 6.07) is 8.27. The summed E-state index contributed by atoms with van der Waals surface area (Å²) < 4.78 is 11.9. The highest BCUT2D eigenvalue weighted by atomic mass is 16.5. The maximum atomic E-state index is 13.1. The summed E-state index contributed by atoms with van der Waals surface area (Å²) in [5, 5.41) is 1.03. The standard InChI is InChI=1S/C28H38N2O3/c1-3-20-18-30-15-13-21(20)16-26(30)28(33-27(31)11-8-19-6-4-5-7-19)23-12-14-29-25-10-9-22(32-2)17-24(23)25/h9-10,12,14,17,19-21,26,28H,3-8,11,13,15-16,18H2,1-2H3. The van der Waals surface area contributed by atoms with Crippen molar-refractivity contribution < 1.29 is 14.3 Å². The summed E-state index contributed by atoms with van der Waals surface area (Å²) in [6.07, 6.45) is 11.8. The molecule has 3 aliphatic heterocycles. The first-order chi connectivity index (χ1) is 16.2. The number of nitrogens with zero attached hydrogens (tertiary/aromatic N) is 2. The Kier molecular flexibility index (Phi) is 6.86. The lowest BCUT2D eigenvalue weighted by Crippen LogP contribution is -2.55. The number of hydrogen-bond donors (Lipinski definition) is 0. The number of ether oxygens (including phenoxy) is 2. The fourth-order valence-electron chi connectivity index (χ4n) is 6.65. The third kappa shape index (κ3) is 4.75. The zero-order valence-corrected chi connectivity index (χ0v) is 20.2. The van der Waals surface area contributed by atoms with E-state index in [1.807, 2.05) is 24.4 Å². The SMILES string of the molecule is CCC1CN2CCC1CC2C(OC(=O)CCC1CCCC1)c1ccnc2ccc(OC)cc12. The van der Waals surface area contributed by atoms with Crippen molar-refractivity contribution in [3.63, 3.8) is 0 Å². The van der Waals surface area contributed by atoms with Gasteiger partial charge in [-0.25, -0.2) is 0 Å². The van der Waals surface area contributed by atoms with E-state index in [0.29, 0.717) is 12.3 Å². The molecule has 4 fully saturated rings. The van der Waals surface area contributed by atoms with Gasteiger partial charge in [-0.1, -0.05) is 39.0 Å². The predicted octanol–water partition coefficient (Wildman–Crippen LogP) is 5.92. The molecule has 4 aliphatic rings. The van der Waals surface area contributed by atoms with E-state index in [1.54, 1.807) is 7.11 Å². The Morgan fingerprint density at radius 2 is 2.06 bits per heavy atom. The van der Waals surface area contributed by atoms with Gasteiger partial charge in [-0.05, 0) is 67.8 Å². The Balaban J connectivity index is 1.44. The molecule has 1 aromatic carbocycles. The van der Waals surface area contributed by atoms with E-state index in [1.165, 1.54) is 38.5 Å². The lowest BCUT2D eigenvalue weighted by molar-refractivity contribution is -0.158. The monoisotopic (exact) mass is 450 g/mol. The van der Waals surface area contributed by atoms with Crippen molar-refractivity contribution in [1.82, 2.24) is 9.88 Å². The predicted molar refractivity (Wildman–Crippen MR) is 130 cm³/mol. The number of carbonyl (C=O) groups is 1. The molecule has 0 radical (unpaired) electrons. The number of methoxy groups -OCH3 is 1. The second kappa shape index (κ2) is 10.0. The normalized spacial score (nSPS) is 28.2. The molecule has 178 valence electrons. The number of pyridine rings is 1. The Hall–Kier alpha value is -2.14. The minimum Gasteiger partial charge on any atom is -0.497 e. The molecule has 5 nitrogen and oxygen atoms in total. The van der Waals surface area contributed by atoms with Crippen LogP contribution in [0.1, 0.15) is 76.4 Å². The summed E-state index contributed by atoms with van der Waals surface area (Å²) >= 11 is 0. The van der Waals surface area contributed by atoms with Crippen LogP contribution in [0.4, 0.5) is 0 Å². The van der Waals surface area contributed by atoms with Gasteiger partial charge in [0.15, 0.2) is 0 Å². The third-order valence-corrected chi connectivity index (χ3v) is 8.59. The van der Waals surface area contributed by atoms with Crippen LogP contribution in [0.15, 0.2) is 30.5 Å². The van der Waals surface area contributed by atoms with Crippen molar-refractivity contribution in [1.29, 1.82) is 0 Å². The van der Waals surface area contributed by atoms with Crippen molar-refractivity contribution in [2.75, 3.05) is 20.2 Å². The van der Waals surface area contributed by atoms with Gasteiger partial charge in [-0.2, -0.15) is 0 Å². The summed E-state index contributed by atoms with van der Waals surface area (Å²) in [4.78, 5) is 20.3. The second-order valence-corrected chi connectivity index (χ2v) is 10.4. The first-order valence-electron chi connectivity index (χ1n) is 13.0. The maximum Gasteiger partial charge on any atom is 0.306 e. The Labute approximate surface area is 197 Å². The molecule has 0 spiro atoms. The summed E-state index contributed by atoms with van der Waals surface area (Å²) in [6.45, 7) is 4.53. The van der Waals surface area contributed by atoms with Gasteiger partial charge in [-0.15, -0.1) is 0 Å². The van der Waals surface area contributed by atoms with Gasteiger partial charge in [-0.3, -0.25) is 14.7 Å². The zero-order chi connectivity index (χ0) is 22.8. The number of fused-ring (bicyclic) bond motifs is 4. The fraction of sp³-hybridized carbons (Fsp3) is 0.643. The molecular weight excluding hydrogens is 412 g/mol. The molecule has 4 heterocycles. The minimum atomic E-state index is -0.265. The molecule has 1 saturated carbocycles. The van der Waals surface area contributed by atoms with Gasteiger partial charge in [0.25, 0.3) is 0 Å². The Morgan fingerprint density at radius 3 is 2.79 bits per heavy atom. The number of carbonyl (C=O) groups excluding carboxylic acids is 1. The molecule has 2 aromatic rings. The first-order valence-corrected chi connectivity index (χ1v) is 13.0. The number of piperidine rings is 3. The highest BCUT2D eigenvalue weighted by molar-refractivity contribution is 5.84. The van der Waals surface area contributed by atoms with Crippen molar-refractivity contribution >= 4 is 16.9 Å². The molecule has 0 N–H and O–H groups in total. The van der Waals surface area contributed by atoms with Crippen LogP contribution in [0.25, 0.3) is 10.9 Å². The van der Waals surface area contributed by atoms with E-state index in [0.717, 1.165) is 60.0 Å². The average Bonchev–Trinajstić information content (AvgIpc) is 3.39. The van der Waals surface area contributed by atoms with Crippen molar-refractivity contribution in [3.8, 4) is 5.75 Å². The highest BCUT2D eigenvalue weighted by Crippen LogP contribution is 2.44. The van der Waals surface area contributed by atoms with E-state index < -0.39 is 0 Å². The molecule has 33 heavy (non-hydrogen) atoms. The molecule has 1 aliphatic carbocycles. The molecule has 5 atom stereocenters. The molecule has 2 bridgehead atoms. The topological polar surface area (TPSA) is 51.7 Å². The van der Waals surface area contributed by atoms with Crippen LogP contribution in [-0.4, -0.2) is 42.1 Å². The molecule has 5 heteroatoms. The van der Waals surface area contributed by atoms with Crippen LogP contribution in [0.2, 0.25) is 0 Å². The van der Waals surface area contributed by atoms with E-state index in [9.17, 15) is 4.79 Å². The molecule has 1 aromatic heterocycles. The first kappa shape index (κ1) is 22.6. The lowest BCUT2D eigenvalue weighted by Gasteiger charge is -2.51. The van der Waals surface area contributed by atoms with Gasteiger partial charge >= 0.3 is 5.97 Å². The van der Waals surface area contributed by atoms with Crippen molar-refractivity contribution in [2.24, 2.45) is 17.8 Å². The van der Waals surface area contributed by atoms with Crippen LogP contribution in [0.5, 0.6) is 5.75 Å². The zero-order valence-electron chi connectivity index (χ0n) is 20.2. The van der Waals surface area contributed by atoms with E-state index in [4.69, 9.17) is 9.47 Å². The van der Waals surface area contributed by atoms with Crippen LogP contribution in [0, 0.1) is 17.8 Å². The van der Waals surface area contributed by atoms with E-state index >= 15 is 0 Å². The van der Waals surface area contributed by atoms with Gasteiger partial charge < -0.3 is 9.47 Å². The molecular formula is C28H38N2O3.